The second kappa shape index (κ2) is 8.60. The molecule has 0 saturated carbocycles. The van der Waals surface area contributed by atoms with Gasteiger partial charge >= 0.3 is 0 Å². The highest BCUT2D eigenvalue weighted by molar-refractivity contribution is 7.14. The third-order valence-electron chi connectivity index (χ3n) is 4.52. The Morgan fingerprint density at radius 3 is 3.04 bits per heavy atom. The predicted molar refractivity (Wildman–Crippen MR) is 97.0 cm³/mol. The topological polar surface area (TPSA) is 56.6 Å². The summed E-state index contributed by atoms with van der Waals surface area (Å²) in [5.74, 6) is 1.45. The molecule has 0 radical (unpaired) electrons. The van der Waals surface area contributed by atoms with E-state index in [1.54, 1.807) is 14.2 Å². The van der Waals surface area contributed by atoms with Gasteiger partial charge in [-0.05, 0) is 25.0 Å². The lowest BCUT2D eigenvalue weighted by Gasteiger charge is -2.32. The van der Waals surface area contributed by atoms with Crippen LogP contribution in [-0.2, 0) is 22.6 Å². The SMILES string of the molecule is COCCn1ccnc1[C@@H]1CCCN(C(=O)c2ccc(COC)s2)C1. The van der Waals surface area contributed by atoms with E-state index >= 15 is 0 Å². The van der Waals surface area contributed by atoms with E-state index in [1.165, 1.54) is 11.3 Å². The maximum Gasteiger partial charge on any atom is 0.263 e. The van der Waals surface area contributed by atoms with E-state index in [0.717, 1.165) is 48.1 Å². The summed E-state index contributed by atoms with van der Waals surface area (Å²) in [6, 6.07) is 3.88. The summed E-state index contributed by atoms with van der Waals surface area (Å²) in [4.78, 5) is 21.2. The summed E-state index contributed by atoms with van der Waals surface area (Å²) in [6.45, 7) is 3.54. The number of thiophene rings is 1. The number of aromatic nitrogens is 2. The monoisotopic (exact) mass is 363 g/mol. The highest BCUT2D eigenvalue weighted by Crippen LogP contribution is 2.28. The molecule has 136 valence electrons. The summed E-state index contributed by atoms with van der Waals surface area (Å²) in [5, 5.41) is 0. The summed E-state index contributed by atoms with van der Waals surface area (Å²) in [5.41, 5.74) is 0. The Kier molecular flexibility index (Phi) is 6.23. The van der Waals surface area contributed by atoms with Crippen molar-refractivity contribution in [2.75, 3.05) is 33.9 Å². The standard InChI is InChI=1S/C18H25N3O3S/c1-23-11-10-20-9-7-19-17(20)14-4-3-8-21(12-14)18(22)16-6-5-15(25-16)13-24-2/h5-7,9,14H,3-4,8,10-13H2,1-2H3/t14-/m1/s1. The Balaban J connectivity index is 1.68. The fraction of sp³-hybridized carbons (Fsp3) is 0.556. The smallest absolute Gasteiger partial charge is 0.263 e. The van der Waals surface area contributed by atoms with Crippen LogP contribution in [0.3, 0.4) is 0 Å². The van der Waals surface area contributed by atoms with Gasteiger partial charge in [-0.3, -0.25) is 4.79 Å². The lowest BCUT2D eigenvalue weighted by atomic mass is 9.97. The van der Waals surface area contributed by atoms with Gasteiger partial charge in [0.2, 0.25) is 0 Å². The first kappa shape index (κ1) is 18.1. The first-order chi connectivity index (χ1) is 12.2. The zero-order chi connectivity index (χ0) is 17.6. The van der Waals surface area contributed by atoms with Crippen LogP contribution in [0.25, 0.3) is 0 Å². The first-order valence-corrected chi connectivity index (χ1v) is 9.41. The molecule has 25 heavy (non-hydrogen) atoms. The van der Waals surface area contributed by atoms with Crippen LogP contribution in [-0.4, -0.2) is 54.3 Å². The van der Waals surface area contributed by atoms with Crippen molar-refractivity contribution in [2.24, 2.45) is 0 Å². The van der Waals surface area contributed by atoms with Gasteiger partial charge in [0.05, 0.1) is 18.1 Å². The quantitative estimate of drug-likeness (QED) is 0.759. The summed E-state index contributed by atoms with van der Waals surface area (Å²) >= 11 is 1.52. The third kappa shape index (κ3) is 4.29. The Bertz CT molecular complexity index is 697. The highest BCUT2D eigenvalue weighted by atomic mass is 32.1. The summed E-state index contributed by atoms with van der Waals surface area (Å²) < 4.78 is 12.5. The number of imidazole rings is 1. The van der Waals surface area contributed by atoms with Crippen molar-refractivity contribution >= 4 is 17.2 Å². The van der Waals surface area contributed by atoms with E-state index in [-0.39, 0.29) is 11.8 Å². The van der Waals surface area contributed by atoms with Gasteiger partial charge in [-0.1, -0.05) is 0 Å². The fourth-order valence-corrected chi connectivity index (χ4v) is 4.25. The van der Waals surface area contributed by atoms with Gasteiger partial charge in [0.15, 0.2) is 0 Å². The average Bonchev–Trinajstić information content (AvgIpc) is 3.29. The van der Waals surface area contributed by atoms with E-state index in [1.807, 2.05) is 29.4 Å². The van der Waals surface area contributed by atoms with Gasteiger partial charge in [0.25, 0.3) is 5.91 Å². The molecule has 0 aliphatic carbocycles. The lowest BCUT2D eigenvalue weighted by Crippen LogP contribution is -2.39. The maximum atomic E-state index is 12.8. The molecular weight excluding hydrogens is 338 g/mol. The molecule has 3 rings (SSSR count). The van der Waals surface area contributed by atoms with E-state index in [0.29, 0.717) is 13.2 Å². The highest BCUT2D eigenvalue weighted by Gasteiger charge is 2.28. The molecule has 1 amide bonds. The molecule has 1 aliphatic heterocycles. The number of nitrogens with zero attached hydrogens (tertiary/aromatic N) is 3. The van der Waals surface area contributed by atoms with Crippen LogP contribution in [0, 0.1) is 0 Å². The molecule has 3 heterocycles. The molecule has 0 unspecified atom stereocenters. The van der Waals surface area contributed by atoms with Crippen molar-refractivity contribution in [1.82, 2.24) is 14.5 Å². The second-order valence-electron chi connectivity index (χ2n) is 6.26. The van der Waals surface area contributed by atoms with Crippen molar-refractivity contribution in [3.05, 3.63) is 40.1 Å². The number of hydrogen-bond donors (Lipinski definition) is 0. The van der Waals surface area contributed by atoms with Gasteiger partial charge < -0.3 is 18.9 Å². The van der Waals surface area contributed by atoms with Crippen LogP contribution < -0.4 is 0 Å². The number of likely N-dealkylation sites (tertiary alicyclic amines) is 1. The molecule has 1 aliphatic rings. The molecule has 2 aromatic heterocycles. The first-order valence-electron chi connectivity index (χ1n) is 8.59. The van der Waals surface area contributed by atoms with Gasteiger partial charge in [-0.25, -0.2) is 4.98 Å². The largest absolute Gasteiger partial charge is 0.383 e. The molecule has 1 atom stereocenters. The van der Waals surface area contributed by atoms with E-state index in [4.69, 9.17) is 9.47 Å². The third-order valence-corrected chi connectivity index (χ3v) is 5.56. The van der Waals surface area contributed by atoms with Gasteiger partial charge in [-0.2, -0.15) is 0 Å². The zero-order valence-electron chi connectivity index (χ0n) is 14.8. The molecule has 0 bridgehead atoms. The van der Waals surface area contributed by atoms with Crippen molar-refractivity contribution in [2.45, 2.75) is 31.9 Å². The minimum absolute atomic E-state index is 0.118. The maximum absolute atomic E-state index is 12.8. The van der Waals surface area contributed by atoms with Crippen LogP contribution in [0.1, 0.15) is 39.1 Å². The molecule has 0 aromatic carbocycles. The van der Waals surface area contributed by atoms with Gasteiger partial charge in [0, 0.05) is 57.0 Å². The Morgan fingerprint density at radius 2 is 2.24 bits per heavy atom. The molecule has 0 spiro atoms. The number of carbonyl (C=O) groups is 1. The number of rotatable bonds is 7. The Labute approximate surface area is 152 Å². The van der Waals surface area contributed by atoms with Crippen LogP contribution in [0.4, 0.5) is 0 Å². The number of hydrogen-bond acceptors (Lipinski definition) is 5. The molecular formula is C18H25N3O3S. The van der Waals surface area contributed by atoms with Crippen molar-refractivity contribution in [3.63, 3.8) is 0 Å². The number of amides is 1. The fourth-order valence-electron chi connectivity index (χ4n) is 3.30. The molecule has 0 N–H and O–H groups in total. The van der Waals surface area contributed by atoms with Crippen LogP contribution in [0.2, 0.25) is 0 Å². The number of carbonyl (C=O) groups excluding carboxylic acids is 1. The Morgan fingerprint density at radius 1 is 1.36 bits per heavy atom. The minimum Gasteiger partial charge on any atom is -0.383 e. The second-order valence-corrected chi connectivity index (χ2v) is 7.43. The number of piperidine rings is 1. The van der Waals surface area contributed by atoms with Crippen LogP contribution >= 0.6 is 11.3 Å². The summed E-state index contributed by atoms with van der Waals surface area (Å²) in [6.07, 6.45) is 5.89. The zero-order valence-corrected chi connectivity index (χ0v) is 15.6. The molecule has 6 nitrogen and oxygen atoms in total. The Hall–Kier alpha value is -1.70. The van der Waals surface area contributed by atoms with E-state index in [2.05, 4.69) is 9.55 Å². The van der Waals surface area contributed by atoms with Crippen molar-refractivity contribution < 1.29 is 14.3 Å². The molecule has 2 aromatic rings. The van der Waals surface area contributed by atoms with Crippen LogP contribution in [0.15, 0.2) is 24.5 Å². The molecule has 1 saturated heterocycles. The molecule has 1 fully saturated rings. The van der Waals surface area contributed by atoms with Crippen LogP contribution in [0.5, 0.6) is 0 Å². The molecule has 7 heteroatoms. The van der Waals surface area contributed by atoms with Crippen molar-refractivity contribution in [1.29, 1.82) is 0 Å². The average molecular weight is 363 g/mol. The predicted octanol–water partition coefficient (Wildman–Crippen LogP) is 2.76. The van der Waals surface area contributed by atoms with Gasteiger partial charge in [0.1, 0.15) is 5.82 Å². The lowest BCUT2D eigenvalue weighted by molar-refractivity contribution is 0.0707. The number of ether oxygens (including phenoxy) is 2. The minimum atomic E-state index is 0.118. The number of methoxy groups -OCH3 is 2. The van der Waals surface area contributed by atoms with Crippen molar-refractivity contribution in [3.8, 4) is 0 Å². The van der Waals surface area contributed by atoms with Gasteiger partial charge in [-0.15, -0.1) is 11.3 Å². The van der Waals surface area contributed by atoms with E-state index < -0.39 is 0 Å². The van der Waals surface area contributed by atoms with E-state index in [9.17, 15) is 4.79 Å². The normalized spacial score (nSPS) is 17.8. The summed E-state index contributed by atoms with van der Waals surface area (Å²) in [7, 11) is 3.37.